The minimum Gasteiger partial charge on any atom is -0.497 e. The molecule has 7 nitrogen and oxygen atoms in total. The van der Waals surface area contributed by atoms with E-state index < -0.39 is 18.0 Å². The van der Waals surface area contributed by atoms with Gasteiger partial charge in [-0.05, 0) is 17.7 Å². The quantitative estimate of drug-likeness (QED) is 0.680. The van der Waals surface area contributed by atoms with Crippen LogP contribution < -0.4 is 15.4 Å². The van der Waals surface area contributed by atoms with Crippen molar-refractivity contribution >= 4 is 12.0 Å². The van der Waals surface area contributed by atoms with E-state index in [1.54, 1.807) is 19.2 Å². The molecule has 7 heteroatoms. The molecule has 2 amide bonds. The van der Waals surface area contributed by atoms with Gasteiger partial charge < -0.3 is 25.2 Å². The highest BCUT2D eigenvalue weighted by atomic mass is 16.5. The van der Waals surface area contributed by atoms with Crippen molar-refractivity contribution in [2.24, 2.45) is 0 Å². The summed E-state index contributed by atoms with van der Waals surface area (Å²) >= 11 is 0. The Morgan fingerprint density at radius 1 is 1.35 bits per heavy atom. The first kappa shape index (κ1) is 15.8. The van der Waals surface area contributed by atoms with Crippen LogP contribution >= 0.6 is 0 Å². The number of carbonyl (C=O) groups is 2. The molecule has 0 aliphatic rings. The Labute approximate surface area is 116 Å². The lowest BCUT2D eigenvalue weighted by atomic mass is 10.2. The molecule has 0 saturated carbocycles. The number of carboxylic acid groups (broad SMARTS) is 1. The summed E-state index contributed by atoms with van der Waals surface area (Å²) in [5.41, 5.74) is 0.851. The SMILES string of the molecule is COCC(NC(=O)O)C(=O)NCc1cccc(OC)c1. The third kappa shape index (κ3) is 5.15. The van der Waals surface area contributed by atoms with Gasteiger partial charge in [0.1, 0.15) is 11.8 Å². The van der Waals surface area contributed by atoms with Gasteiger partial charge in [0.25, 0.3) is 0 Å². The monoisotopic (exact) mass is 282 g/mol. The van der Waals surface area contributed by atoms with E-state index in [2.05, 4.69) is 10.6 Å². The lowest BCUT2D eigenvalue weighted by molar-refractivity contribution is -0.124. The van der Waals surface area contributed by atoms with Crippen molar-refractivity contribution in [3.05, 3.63) is 29.8 Å². The molecule has 0 heterocycles. The van der Waals surface area contributed by atoms with Gasteiger partial charge in [0, 0.05) is 13.7 Å². The van der Waals surface area contributed by atoms with E-state index in [-0.39, 0.29) is 13.2 Å². The van der Waals surface area contributed by atoms with Gasteiger partial charge in [0.15, 0.2) is 0 Å². The molecule has 0 aliphatic carbocycles. The van der Waals surface area contributed by atoms with E-state index in [9.17, 15) is 9.59 Å². The van der Waals surface area contributed by atoms with Crippen LogP contribution in [0.25, 0.3) is 0 Å². The maximum Gasteiger partial charge on any atom is 0.405 e. The summed E-state index contributed by atoms with van der Waals surface area (Å²) in [4.78, 5) is 22.4. The summed E-state index contributed by atoms with van der Waals surface area (Å²) in [6, 6.07) is 6.28. The van der Waals surface area contributed by atoms with Crippen LogP contribution in [0.15, 0.2) is 24.3 Å². The molecule has 1 aromatic carbocycles. The van der Waals surface area contributed by atoms with Gasteiger partial charge in [-0.25, -0.2) is 4.79 Å². The van der Waals surface area contributed by atoms with Crippen LogP contribution in [0.1, 0.15) is 5.56 Å². The summed E-state index contributed by atoms with van der Waals surface area (Å²) in [6.45, 7) is 0.244. The first-order chi connectivity index (χ1) is 9.56. The largest absolute Gasteiger partial charge is 0.497 e. The van der Waals surface area contributed by atoms with Gasteiger partial charge >= 0.3 is 6.09 Å². The molecular weight excluding hydrogens is 264 g/mol. The smallest absolute Gasteiger partial charge is 0.405 e. The zero-order chi connectivity index (χ0) is 15.0. The van der Waals surface area contributed by atoms with E-state index in [0.717, 1.165) is 5.56 Å². The normalized spacial score (nSPS) is 11.5. The second kappa shape index (κ2) is 8.00. The molecule has 0 fully saturated rings. The van der Waals surface area contributed by atoms with Crippen molar-refractivity contribution in [2.45, 2.75) is 12.6 Å². The first-order valence-electron chi connectivity index (χ1n) is 5.96. The Bertz CT molecular complexity index is 464. The molecule has 0 saturated heterocycles. The predicted octanol–water partition coefficient (Wildman–Crippen LogP) is 0.594. The summed E-state index contributed by atoms with van der Waals surface area (Å²) in [5, 5.41) is 13.4. The van der Waals surface area contributed by atoms with Crippen LogP contribution in [-0.2, 0) is 16.1 Å². The number of ether oxygens (including phenoxy) is 2. The second-order valence-corrected chi connectivity index (χ2v) is 4.03. The van der Waals surface area contributed by atoms with Crippen LogP contribution in [0.2, 0.25) is 0 Å². The fourth-order valence-corrected chi connectivity index (χ4v) is 1.59. The van der Waals surface area contributed by atoms with E-state index in [0.29, 0.717) is 5.75 Å². The molecule has 1 unspecified atom stereocenters. The highest BCUT2D eigenvalue weighted by Crippen LogP contribution is 2.12. The second-order valence-electron chi connectivity index (χ2n) is 4.03. The lowest BCUT2D eigenvalue weighted by Crippen LogP contribution is -2.48. The maximum absolute atomic E-state index is 11.8. The third-order valence-electron chi connectivity index (χ3n) is 2.55. The van der Waals surface area contributed by atoms with E-state index in [4.69, 9.17) is 14.6 Å². The average molecular weight is 282 g/mol. The van der Waals surface area contributed by atoms with Gasteiger partial charge in [-0.3, -0.25) is 4.79 Å². The fourth-order valence-electron chi connectivity index (χ4n) is 1.59. The topological polar surface area (TPSA) is 96.9 Å². The van der Waals surface area contributed by atoms with Gasteiger partial charge in [-0.2, -0.15) is 0 Å². The predicted molar refractivity (Wildman–Crippen MR) is 71.7 cm³/mol. The van der Waals surface area contributed by atoms with Crippen LogP contribution in [-0.4, -0.2) is 44.0 Å². The molecule has 1 aromatic rings. The van der Waals surface area contributed by atoms with E-state index in [1.807, 2.05) is 12.1 Å². The molecule has 0 aliphatic heterocycles. The Morgan fingerprint density at radius 2 is 2.10 bits per heavy atom. The Morgan fingerprint density at radius 3 is 2.70 bits per heavy atom. The third-order valence-corrected chi connectivity index (χ3v) is 2.55. The molecule has 1 rings (SSSR count). The standard InChI is InChI=1S/C13H18N2O5/c1-19-8-11(15-13(17)18)12(16)14-7-9-4-3-5-10(6-9)20-2/h3-6,11,15H,7-8H2,1-2H3,(H,14,16)(H,17,18). The van der Waals surface area contributed by atoms with Crippen molar-refractivity contribution in [1.82, 2.24) is 10.6 Å². The number of benzene rings is 1. The molecule has 20 heavy (non-hydrogen) atoms. The maximum atomic E-state index is 11.8. The number of amides is 2. The Kier molecular flexibility index (Phi) is 6.31. The van der Waals surface area contributed by atoms with E-state index in [1.165, 1.54) is 7.11 Å². The summed E-state index contributed by atoms with van der Waals surface area (Å²) in [6.07, 6.45) is -1.27. The molecule has 0 radical (unpaired) electrons. The van der Waals surface area contributed by atoms with Gasteiger partial charge in [0.05, 0.1) is 13.7 Å². The molecule has 1 atom stereocenters. The van der Waals surface area contributed by atoms with Crippen LogP contribution in [0.5, 0.6) is 5.75 Å². The minimum atomic E-state index is -1.27. The fraction of sp³-hybridized carbons (Fsp3) is 0.385. The lowest BCUT2D eigenvalue weighted by Gasteiger charge is -2.16. The number of nitrogens with one attached hydrogen (secondary N) is 2. The zero-order valence-corrected chi connectivity index (χ0v) is 11.4. The van der Waals surface area contributed by atoms with Crippen molar-refractivity contribution in [1.29, 1.82) is 0 Å². The molecule has 0 bridgehead atoms. The van der Waals surface area contributed by atoms with Crippen molar-refractivity contribution < 1.29 is 24.2 Å². The van der Waals surface area contributed by atoms with Crippen molar-refractivity contribution in [2.75, 3.05) is 20.8 Å². The van der Waals surface area contributed by atoms with E-state index >= 15 is 0 Å². The van der Waals surface area contributed by atoms with Crippen LogP contribution in [0.4, 0.5) is 4.79 Å². The number of hydrogen-bond donors (Lipinski definition) is 3. The highest BCUT2D eigenvalue weighted by molar-refractivity contribution is 5.85. The number of rotatable bonds is 7. The van der Waals surface area contributed by atoms with Crippen LogP contribution in [0.3, 0.4) is 0 Å². The first-order valence-corrected chi connectivity index (χ1v) is 5.96. The molecule has 0 aromatic heterocycles. The average Bonchev–Trinajstić information content (AvgIpc) is 2.44. The molecule has 0 spiro atoms. The Hall–Kier alpha value is -2.28. The highest BCUT2D eigenvalue weighted by Gasteiger charge is 2.19. The van der Waals surface area contributed by atoms with Gasteiger partial charge in [0.2, 0.25) is 5.91 Å². The van der Waals surface area contributed by atoms with Gasteiger partial charge in [-0.15, -0.1) is 0 Å². The summed E-state index contributed by atoms with van der Waals surface area (Å²) in [5.74, 6) is 0.242. The summed E-state index contributed by atoms with van der Waals surface area (Å²) in [7, 11) is 2.95. The number of carbonyl (C=O) groups excluding carboxylic acids is 1. The Balaban J connectivity index is 2.57. The zero-order valence-electron chi connectivity index (χ0n) is 11.4. The minimum absolute atomic E-state index is 0.0315. The molecule has 110 valence electrons. The molecule has 3 N–H and O–H groups in total. The molecular formula is C13H18N2O5. The number of methoxy groups -OCH3 is 2. The van der Waals surface area contributed by atoms with Crippen molar-refractivity contribution in [3.8, 4) is 5.75 Å². The van der Waals surface area contributed by atoms with Crippen molar-refractivity contribution in [3.63, 3.8) is 0 Å². The summed E-state index contributed by atoms with van der Waals surface area (Å²) < 4.78 is 9.89. The number of hydrogen-bond acceptors (Lipinski definition) is 4. The van der Waals surface area contributed by atoms with Gasteiger partial charge in [-0.1, -0.05) is 12.1 Å². The van der Waals surface area contributed by atoms with Crippen LogP contribution in [0, 0.1) is 0 Å².